The molecule has 0 aliphatic rings. The average molecular weight is 530 g/mol. The highest BCUT2D eigenvalue weighted by atomic mass is 32.2. The van der Waals surface area contributed by atoms with Crippen molar-refractivity contribution in [1.29, 1.82) is 0 Å². The summed E-state index contributed by atoms with van der Waals surface area (Å²) in [6, 6.07) is 18.4. The Kier molecular flexibility index (Phi) is 8.93. The second kappa shape index (κ2) is 12.5. The number of thioether (sulfide) groups is 2. The van der Waals surface area contributed by atoms with E-state index in [1.807, 2.05) is 18.2 Å². The van der Waals surface area contributed by atoms with Gasteiger partial charge >= 0.3 is 0 Å². The maximum Gasteiger partial charge on any atom is 0.210 e. The molecule has 1 aromatic heterocycles. The number of rotatable bonds is 2. The maximum atomic E-state index is 4.51. The molecule has 0 amide bonds. The molecule has 3 aromatic carbocycles. The molecule has 0 saturated heterocycles. The van der Waals surface area contributed by atoms with Gasteiger partial charge in [0.25, 0.3) is 0 Å². The minimum atomic E-state index is 0.342. The fraction of sp³-hybridized carbons (Fsp3) is 0.182. The molecule has 0 saturated carbocycles. The molecule has 0 N–H and O–H groups in total. The summed E-state index contributed by atoms with van der Waals surface area (Å²) >= 11 is 3.42. The van der Waals surface area contributed by atoms with Crippen molar-refractivity contribution in [2.24, 2.45) is 0 Å². The summed E-state index contributed by atoms with van der Waals surface area (Å²) in [5, 5.41) is 0. The largest absolute Gasteiger partial charge is 0.210 e. The van der Waals surface area contributed by atoms with Crippen molar-refractivity contribution in [3.8, 4) is 35.5 Å². The van der Waals surface area contributed by atoms with Crippen LogP contribution in [0, 0.1) is 63.2 Å². The Morgan fingerprint density at radius 3 is 1.37 bits per heavy atom. The van der Waals surface area contributed by atoms with E-state index in [0.717, 1.165) is 16.7 Å². The molecule has 0 spiro atoms. The Bertz CT molecular complexity index is 1700. The standard InChI is InChI=1S/C33H27N3S2/c1-22-7-9-26(19-24(22)3)12-16-31-34-32(17-13-27-11-15-29(37-5)25(4)20-27)36-33(35-31)18-14-28-10-8-23(2)30(21-28)38-6/h7-11,15,19-21H,1-6H3. The third-order valence-electron chi connectivity index (χ3n) is 5.90. The molecular formula is C33H27N3S2. The van der Waals surface area contributed by atoms with Crippen molar-refractivity contribution in [2.45, 2.75) is 37.5 Å². The van der Waals surface area contributed by atoms with E-state index in [0.29, 0.717) is 17.5 Å². The Hall–Kier alpha value is -3.95. The van der Waals surface area contributed by atoms with Gasteiger partial charge in [0.1, 0.15) is 0 Å². The van der Waals surface area contributed by atoms with Crippen molar-refractivity contribution in [2.75, 3.05) is 12.5 Å². The molecule has 38 heavy (non-hydrogen) atoms. The molecule has 0 aliphatic heterocycles. The summed E-state index contributed by atoms with van der Waals surface area (Å²) in [4.78, 5) is 16.0. The summed E-state index contributed by atoms with van der Waals surface area (Å²) in [6.07, 6.45) is 4.13. The molecule has 186 valence electrons. The zero-order valence-electron chi connectivity index (χ0n) is 22.4. The van der Waals surface area contributed by atoms with Gasteiger partial charge in [0.2, 0.25) is 17.5 Å². The predicted octanol–water partition coefficient (Wildman–Crippen LogP) is 6.75. The Balaban J connectivity index is 1.74. The lowest BCUT2D eigenvalue weighted by Gasteiger charge is -2.02. The number of nitrogens with zero attached hydrogens (tertiary/aromatic N) is 3. The van der Waals surface area contributed by atoms with E-state index in [1.165, 1.54) is 32.0 Å². The lowest BCUT2D eigenvalue weighted by molar-refractivity contribution is 0.976. The summed E-state index contributed by atoms with van der Waals surface area (Å²) in [7, 11) is 0. The van der Waals surface area contributed by atoms with Crippen molar-refractivity contribution >= 4 is 23.5 Å². The molecule has 0 aliphatic carbocycles. The Morgan fingerprint density at radius 2 is 0.895 bits per heavy atom. The van der Waals surface area contributed by atoms with Crippen molar-refractivity contribution in [3.05, 3.63) is 111 Å². The topological polar surface area (TPSA) is 38.7 Å². The van der Waals surface area contributed by atoms with Crippen LogP contribution in [0.2, 0.25) is 0 Å². The van der Waals surface area contributed by atoms with Gasteiger partial charge in [-0.3, -0.25) is 0 Å². The van der Waals surface area contributed by atoms with E-state index in [-0.39, 0.29) is 0 Å². The van der Waals surface area contributed by atoms with Crippen molar-refractivity contribution in [3.63, 3.8) is 0 Å². The highest BCUT2D eigenvalue weighted by Crippen LogP contribution is 2.21. The van der Waals surface area contributed by atoms with E-state index < -0.39 is 0 Å². The normalized spacial score (nSPS) is 9.95. The third-order valence-corrected chi connectivity index (χ3v) is 7.68. The number of aromatic nitrogens is 3. The minimum Gasteiger partial charge on any atom is -0.193 e. The molecular weight excluding hydrogens is 503 g/mol. The van der Waals surface area contributed by atoms with E-state index in [4.69, 9.17) is 0 Å². The summed E-state index contributed by atoms with van der Waals surface area (Å²) in [6.45, 7) is 8.34. The monoisotopic (exact) mass is 529 g/mol. The second-order valence-electron chi connectivity index (χ2n) is 8.72. The van der Waals surface area contributed by atoms with Crippen LogP contribution in [0.1, 0.15) is 56.4 Å². The van der Waals surface area contributed by atoms with Crippen LogP contribution in [0.25, 0.3) is 0 Å². The summed E-state index contributed by atoms with van der Waals surface area (Å²) in [5.74, 6) is 19.8. The van der Waals surface area contributed by atoms with Crippen LogP contribution in [0.15, 0.2) is 64.4 Å². The first-order valence-electron chi connectivity index (χ1n) is 12.0. The molecule has 4 rings (SSSR count). The lowest BCUT2D eigenvalue weighted by atomic mass is 10.1. The van der Waals surface area contributed by atoms with Crippen LogP contribution < -0.4 is 0 Å². The number of hydrogen-bond acceptors (Lipinski definition) is 5. The number of hydrogen-bond donors (Lipinski definition) is 0. The quantitative estimate of drug-likeness (QED) is 0.212. The van der Waals surface area contributed by atoms with Gasteiger partial charge in [0.05, 0.1) is 0 Å². The SMILES string of the molecule is CSc1ccc(C#Cc2nc(C#Cc3ccc(C)c(C)c3)nc(C#Cc3ccc(C)c(SC)c3)n2)cc1C. The van der Waals surface area contributed by atoms with Crippen LogP contribution in [0.3, 0.4) is 0 Å². The van der Waals surface area contributed by atoms with Gasteiger partial charge < -0.3 is 0 Å². The van der Waals surface area contributed by atoms with E-state index in [2.05, 4.69) is 127 Å². The fourth-order valence-corrected chi connectivity index (χ4v) is 4.82. The molecule has 5 heteroatoms. The average Bonchev–Trinajstić information content (AvgIpc) is 2.92. The zero-order valence-corrected chi connectivity index (χ0v) is 24.0. The molecule has 0 fully saturated rings. The van der Waals surface area contributed by atoms with Gasteiger partial charge in [-0.05, 0) is 123 Å². The van der Waals surface area contributed by atoms with Crippen LogP contribution in [0.5, 0.6) is 0 Å². The Labute approximate surface area is 234 Å². The van der Waals surface area contributed by atoms with Gasteiger partial charge in [-0.25, -0.2) is 0 Å². The molecule has 0 bridgehead atoms. The zero-order chi connectivity index (χ0) is 27.1. The second-order valence-corrected chi connectivity index (χ2v) is 10.4. The smallest absolute Gasteiger partial charge is 0.193 e. The maximum absolute atomic E-state index is 4.51. The third kappa shape index (κ3) is 7.08. The first kappa shape index (κ1) is 27.1. The first-order chi connectivity index (χ1) is 18.3. The lowest BCUT2D eigenvalue weighted by Crippen LogP contribution is -2.01. The Morgan fingerprint density at radius 1 is 0.447 bits per heavy atom. The minimum absolute atomic E-state index is 0.342. The molecule has 0 radical (unpaired) electrons. The van der Waals surface area contributed by atoms with Crippen molar-refractivity contribution in [1.82, 2.24) is 15.0 Å². The van der Waals surface area contributed by atoms with Gasteiger partial charge in [0, 0.05) is 26.5 Å². The molecule has 4 aromatic rings. The van der Waals surface area contributed by atoms with E-state index in [1.54, 1.807) is 23.5 Å². The van der Waals surface area contributed by atoms with Crippen LogP contribution in [-0.4, -0.2) is 27.5 Å². The highest BCUT2D eigenvalue weighted by molar-refractivity contribution is 7.98. The molecule has 0 atom stereocenters. The van der Waals surface area contributed by atoms with E-state index in [9.17, 15) is 0 Å². The van der Waals surface area contributed by atoms with Gasteiger partial charge in [0.15, 0.2) is 0 Å². The number of aryl methyl sites for hydroxylation is 4. The van der Waals surface area contributed by atoms with Crippen LogP contribution >= 0.6 is 23.5 Å². The van der Waals surface area contributed by atoms with E-state index >= 15 is 0 Å². The van der Waals surface area contributed by atoms with Crippen LogP contribution in [-0.2, 0) is 0 Å². The van der Waals surface area contributed by atoms with Crippen LogP contribution in [0.4, 0.5) is 0 Å². The molecule has 0 unspecified atom stereocenters. The molecule has 1 heterocycles. The van der Waals surface area contributed by atoms with Gasteiger partial charge in [-0.15, -0.1) is 23.5 Å². The van der Waals surface area contributed by atoms with Gasteiger partial charge in [-0.1, -0.05) is 29.9 Å². The predicted molar refractivity (Wildman–Crippen MR) is 160 cm³/mol. The summed E-state index contributed by atoms with van der Waals surface area (Å²) < 4.78 is 0. The fourth-order valence-electron chi connectivity index (χ4n) is 3.60. The first-order valence-corrected chi connectivity index (χ1v) is 14.5. The molecule has 3 nitrogen and oxygen atoms in total. The van der Waals surface area contributed by atoms with Crippen molar-refractivity contribution < 1.29 is 0 Å². The van der Waals surface area contributed by atoms with Gasteiger partial charge in [-0.2, -0.15) is 15.0 Å². The summed E-state index contributed by atoms with van der Waals surface area (Å²) in [5.41, 5.74) is 7.55. The number of benzene rings is 3. The highest BCUT2D eigenvalue weighted by Gasteiger charge is 2.04.